The molecule has 1 unspecified atom stereocenters. The first-order chi connectivity index (χ1) is 14.5. The van der Waals surface area contributed by atoms with Crippen LogP contribution in [0.4, 0.5) is 4.79 Å². The summed E-state index contributed by atoms with van der Waals surface area (Å²) in [6.45, 7) is 6.28. The van der Waals surface area contributed by atoms with E-state index >= 15 is 0 Å². The minimum atomic E-state index is -0.273. The lowest BCUT2D eigenvalue weighted by Gasteiger charge is -2.14. The SMILES string of the molecule is Cc1ccc(-n2ncc(C(C)NC(=O)NCc3coc(-c4cccs4)n3)c2C)cc1. The molecular formula is C22H23N5O2S. The molecule has 4 rings (SSSR count). The molecule has 0 fully saturated rings. The molecule has 1 aromatic carbocycles. The van der Waals surface area contributed by atoms with Crippen molar-refractivity contribution in [2.24, 2.45) is 0 Å². The molecule has 3 aromatic heterocycles. The van der Waals surface area contributed by atoms with Gasteiger partial charge in [0.15, 0.2) is 0 Å². The quantitative estimate of drug-likeness (QED) is 0.470. The van der Waals surface area contributed by atoms with Crippen molar-refractivity contribution in [3.05, 3.63) is 76.8 Å². The van der Waals surface area contributed by atoms with Crippen LogP contribution in [0.25, 0.3) is 16.5 Å². The molecule has 0 spiro atoms. The second-order valence-electron chi connectivity index (χ2n) is 7.10. The van der Waals surface area contributed by atoms with Gasteiger partial charge < -0.3 is 15.1 Å². The summed E-state index contributed by atoms with van der Waals surface area (Å²) in [6, 6.07) is 11.6. The summed E-state index contributed by atoms with van der Waals surface area (Å²) in [6.07, 6.45) is 3.36. The van der Waals surface area contributed by atoms with Crippen molar-refractivity contribution in [2.75, 3.05) is 0 Å². The number of carbonyl (C=O) groups excluding carboxylic acids is 1. The van der Waals surface area contributed by atoms with E-state index in [1.54, 1.807) is 23.8 Å². The molecule has 4 aromatic rings. The Balaban J connectivity index is 1.35. The Hall–Kier alpha value is -3.39. The summed E-state index contributed by atoms with van der Waals surface area (Å²) in [7, 11) is 0. The molecule has 0 bridgehead atoms. The molecule has 30 heavy (non-hydrogen) atoms. The fraction of sp³-hybridized carbons (Fsp3) is 0.227. The Morgan fingerprint density at radius 1 is 1.23 bits per heavy atom. The van der Waals surface area contributed by atoms with Gasteiger partial charge in [-0.1, -0.05) is 23.8 Å². The van der Waals surface area contributed by atoms with E-state index in [2.05, 4.69) is 39.8 Å². The molecule has 1 atom stereocenters. The average molecular weight is 422 g/mol. The molecule has 2 amide bonds. The van der Waals surface area contributed by atoms with Gasteiger partial charge in [-0.2, -0.15) is 5.10 Å². The van der Waals surface area contributed by atoms with Crippen LogP contribution >= 0.6 is 11.3 Å². The normalized spacial score (nSPS) is 12.0. The predicted molar refractivity (Wildman–Crippen MR) is 117 cm³/mol. The van der Waals surface area contributed by atoms with Gasteiger partial charge in [0.05, 0.1) is 35.0 Å². The van der Waals surface area contributed by atoms with Crippen molar-refractivity contribution in [3.8, 4) is 16.5 Å². The molecule has 0 aliphatic heterocycles. The van der Waals surface area contributed by atoms with E-state index in [1.165, 1.54) is 5.56 Å². The largest absolute Gasteiger partial charge is 0.443 e. The molecule has 7 nitrogen and oxygen atoms in total. The van der Waals surface area contributed by atoms with Crippen molar-refractivity contribution in [1.29, 1.82) is 0 Å². The van der Waals surface area contributed by atoms with Crippen LogP contribution in [0.2, 0.25) is 0 Å². The Morgan fingerprint density at radius 3 is 2.77 bits per heavy atom. The molecular weight excluding hydrogens is 398 g/mol. The monoisotopic (exact) mass is 421 g/mol. The summed E-state index contributed by atoms with van der Waals surface area (Å²) in [5, 5.41) is 12.2. The summed E-state index contributed by atoms with van der Waals surface area (Å²) < 4.78 is 7.36. The number of aromatic nitrogens is 3. The number of benzene rings is 1. The van der Waals surface area contributed by atoms with Gasteiger partial charge in [-0.3, -0.25) is 0 Å². The fourth-order valence-electron chi connectivity index (χ4n) is 3.19. The molecule has 154 valence electrons. The van der Waals surface area contributed by atoms with Gasteiger partial charge >= 0.3 is 6.03 Å². The standard InChI is InChI=1S/C22H23N5O2S/c1-14-6-8-18(9-7-14)27-16(3)19(12-24-27)15(2)25-22(28)23-11-17-13-29-21(26-17)20-5-4-10-30-20/h4-10,12-13,15H,11H2,1-3H3,(H2,23,25,28). The number of thiophene rings is 1. The number of oxazole rings is 1. The topological polar surface area (TPSA) is 85.0 Å². The first-order valence-corrected chi connectivity index (χ1v) is 10.5. The number of carbonyl (C=O) groups is 1. The summed E-state index contributed by atoms with van der Waals surface area (Å²) >= 11 is 1.56. The van der Waals surface area contributed by atoms with E-state index in [0.717, 1.165) is 21.8 Å². The van der Waals surface area contributed by atoms with Gasteiger partial charge in [0.25, 0.3) is 0 Å². The molecule has 0 saturated carbocycles. The lowest BCUT2D eigenvalue weighted by Crippen LogP contribution is -2.36. The molecule has 0 radical (unpaired) electrons. The first-order valence-electron chi connectivity index (χ1n) is 9.65. The van der Waals surface area contributed by atoms with Crippen LogP contribution in [0.3, 0.4) is 0 Å². The summed E-state index contributed by atoms with van der Waals surface area (Å²) in [4.78, 5) is 17.7. The minimum absolute atomic E-state index is 0.191. The Morgan fingerprint density at radius 2 is 2.03 bits per heavy atom. The zero-order valence-electron chi connectivity index (χ0n) is 17.0. The first kappa shape index (κ1) is 19.9. The molecule has 2 N–H and O–H groups in total. The second kappa shape index (κ2) is 8.54. The van der Waals surface area contributed by atoms with Crippen molar-refractivity contribution in [3.63, 3.8) is 0 Å². The Labute approximate surface area is 178 Å². The van der Waals surface area contributed by atoms with E-state index in [0.29, 0.717) is 11.6 Å². The van der Waals surface area contributed by atoms with Gasteiger partial charge in [0, 0.05) is 11.3 Å². The molecule has 0 aliphatic carbocycles. The number of aryl methyl sites for hydroxylation is 1. The molecule has 3 heterocycles. The van der Waals surface area contributed by atoms with Crippen LogP contribution in [-0.2, 0) is 6.54 Å². The number of rotatable bonds is 6. The minimum Gasteiger partial charge on any atom is -0.443 e. The highest BCUT2D eigenvalue weighted by molar-refractivity contribution is 7.13. The van der Waals surface area contributed by atoms with E-state index < -0.39 is 0 Å². The average Bonchev–Trinajstić information content (AvgIpc) is 3.48. The van der Waals surface area contributed by atoms with Gasteiger partial charge in [0.1, 0.15) is 6.26 Å². The van der Waals surface area contributed by atoms with Gasteiger partial charge in [-0.25, -0.2) is 14.5 Å². The van der Waals surface area contributed by atoms with Crippen molar-refractivity contribution < 1.29 is 9.21 Å². The third-order valence-electron chi connectivity index (χ3n) is 4.85. The van der Waals surface area contributed by atoms with E-state index in [9.17, 15) is 4.79 Å². The van der Waals surface area contributed by atoms with E-state index in [4.69, 9.17) is 4.42 Å². The van der Waals surface area contributed by atoms with E-state index in [1.807, 2.05) is 48.2 Å². The molecule has 0 saturated heterocycles. The predicted octanol–water partition coefficient (Wildman–Crippen LogP) is 4.77. The van der Waals surface area contributed by atoms with Crippen LogP contribution < -0.4 is 10.6 Å². The number of urea groups is 1. The number of hydrogen-bond donors (Lipinski definition) is 2. The number of nitrogens with one attached hydrogen (secondary N) is 2. The zero-order valence-corrected chi connectivity index (χ0v) is 17.9. The number of hydrogen-bond acceptors (Lipinski definition) is 5. The highest BCUT2D eigenvalue weighted by atomic mass is 32.1. The maximum atomic E-state index is 12.4. The third-order valence-corrected chi connectivity index (χ3v) is 5.71. The van der Waals surface area contributed by atoms with Gasteiger partial charge in [-0.15, -0.1) is 11.3 Å². The maximum Gasteiger partial charge on any atom is 0.315 e. The van der Waals surface area contributed by atoms with Crippen LogP contribution in [0.15, 0.2) is 58.7 Å². The molecule has 8 heteroatoms. The van der Waals surface area contributed by atoms with Crippen LogP contribution in [0, 0.1) is 13.8 Å². The zero-order chi connectivity index (χ0) is 21.1. The second-order valence-corrected chi connectivity index (χ2v) is 8.05. The maximum absolute atomic E-state index is 12.4. The lowest BCUT2D eigenvalue weighted by molar-refractivity contribution is 0.237. The third kappa shape index (κ3) is 4.28. The smallest absolute Gasteiger partial charge is 0.315 e. The van der Waals surface area contributed by atoms with E-state index in [-0.39, 0.29) is 18.6 Å². The van der Waals surface area contributed by atoms with Crippen molar-refractivity contribution >= 4 is 17.4 Å². The highest BCUT2D eigenvalue weighted by Gasteiger charge is 2.17. The Kier molecular flexibility index (Phi) is 5.67. The summed E-state index contributed by atoms with van der Waals surface area (Å²) in [5.74, 6) is 0.565. The molecule has 0 aliphatic rings. The highest BCUT2D eigenvalue weighted by Crippen LogP contribution is 2.23. The van der Waals surface area contributed by atoms with Crippen molar-refractivity contribution in [2.45, 2.75) is 33.4 Å². The lowest BCUT2D eigenvalue weighted by atomic mass is 10.1. The van der Waals surface area contributed by atoms with Gasteiger partial charge in [0.2, 0.25) is 5.89 Å². The van der Waals surface area contributed by atoms with Crippen LogP contribution in [0.1, 0.15) is 35.5 Å². The van der Waals surface area contributed by atoms with Crippen LogP contribution in [-0.4, -0.2) is 20.8 Å². The fourth-order valence-corrected chi connectivity index (χ4v) is 3.85. The number of nitrogens with zero attached hydrogens (tertiary/aromatic N) is 3. The van der Waals surface area contributed by atoms with Crippen LogP contribution in [0.5, 0.6) is 0 Å². The summed E-state index contributed by atoms with van der Waals surface area (Å²) in [5.41, 5.74) is 4.82. The number of amides is 2. The van der Waals surface area contributed by atoms with Crippen molar-refractivity contribution in [1.82, 2.24) is 25.4 Å². The van der Waals surface area contributed by atoms with Gasteiger partial charge in [-0.05, 0) is 44.4 Å². The Bertz CT molecular complexity index is 1130.